The molecule has 1 amide bonds. The molecule has 1 atom stereocenters. The van der Waals surface area contributed by atoms with E-state index >= 15 is 0 Å². The number of rotatable bonds is 3. The average Bonchev–Trinajstić information content (AvgIpc) is 2.89. The first kappa shape index (κ1) is 15.2. The molecule has 114 valence electrons. The number of anilines is 1. The van der Waals surface area contributed by atoms with Crippen molar-refractivity contribution in [1.82, 2.24) is 0 Å². The fourth-order valence-corrected chi connectivity index (χ4v) is 3.14. The third kappa shape index (κ3) is 3.06. The van der Waals surface area contributed by atoms with E-state index in [1.165, 1.54) is 5.56 Å². The Balaban J connectivity index is 1.75. The summed E-state index contributed by atoms with van der Waals surface area (Å²) in [6.07, 6.45) is 0.262. The second kappa shape index (κ2) is 6.19. The minimum absolute atomic E-state index is 0.0685. The van der Waals surface area contributed by atoms with E-state index in [0.717, 1.165) is 12.1 Å². The molecule has 3 nitrogen and oxygen atoms in total. The monoisotopic (exact) mass is 335 g/mol. The minimum Gasteiger partial charge on any atom is -0.481 e. The summed E-state index contributed by atoms with van der Waals surface area (Å²) in [6.45, 7) is 2.42. The predicted octanol–water partition coefficient (Wildman–Crippen LogP) is 4.35. The molecule has 0 spiro atoms. The Morgan fingerprint density at radius 1 is 1.18 bits per heavy atom. The van der Waals surface area contributed by atoms with Gasteiger partial charge < -0.3 is 9.64 Å². The Kier molecular flexibility index (Phi) is 4.27. The number of fused-ring (bicyclic) bond motifs is 1. The van der Waals surface area contributed by atoms with Gasteiger partial charge in [-0.05, 0) is 43.2 Å². The molecule has 1 aliphatic rings. The first-order valence-electron chi connectivity index (χ1n) is 7.06. The highest BCUT2D eigenvalue weighted by Crippen LogP contribution is 2.29. The Morgan fingerprint density at radius 2 is 1.86 bits per heavy atom. The van der Waals surface area contributed by atoms with Gasteiger partial charge in [0.05, 0.1) is 0 Å². The van der Waals surface area contributed by atoms with E-state index in [1.54, 1.807) is 30.0 Å². The van der Waals surface area contributed by atoms with E-state index in [9.17, 15) is 4.79 Å². The number of amides is 1. The molecule has 3 rings (SSSR count). The van der Waals surface area contributed by atoms with Crippen molar-refractivity contribution in [3.63, 3.8) is 0 Å². The number of halogens is 2. The number of hydrogen-bond acceptors (Lipinski definition) is 2. The summed E-state index contributed by atoms with van der Waals surface area (Å²) in [4.78, 5) is 14.4. The van der Waals surface area contributed by atoms with E-state index in [2.05, 4.69) is 0 Å². The Hall–Kier alpha value is -1.71. The van der Waals surface area contributed by atoms with Crippen molar-refractivity contribution < 1.29 is 9.53 Å². The standard InChI is InChI=1S/C17H15Cl2NO2/c1-11(22-15-9-13(18)8-14(19)10-15)17(21)20-7-6-12-4-2-3-5-16(12)20/h2-5,8-11H,6-7H2,1H3/t11-/m1/s1. The van der Waals surface area contributed by atoms with Gasteiger partial charge in [0.1, 0.15) is 5.75 Å². The van der Waals surface area contributed by atoms with Crippen LogP contribution in [0.5, 0.6) is 5.75 Å². The molecular weight excluding hydrogens is 321 g/mol. The van der Waals surface area contributed by atoms with Gasteiger partial charge in [-0.15, -0.1) is 0 Å². The van der Waals surface area contributed by atoms with Crippen LogP contribution < -0.4 is 9.64 Å². The Bertz CT molecular complexity index is 697. The van der Waals surface area contributed by atoms with E-state index in [1.807, 2.05) is 24.3 Å². The normalized spacial score (nSPS) is 14.6. The van der Waals surface area contributed by atoms with Gasteiger partial charge in [-0.1, -0.05) is 41.4 Å². The van der Waals surface area contributed by atoms with Crippen LogP contribution in [-0.2, 0) is 11.2 Å². The summed E-state index contributed by atoms with van der Waals surface area (Å²) in [6, 6.07) is 12.9. The van der Waals surface area contributed by atoms with Crippen LogP contribution in [0.2, 0.25) is 10.0 Å². The molecule has 0 aliphatic carbocycles. The molecule has 0 aromatic heterocycles. The highest BCUT2D eigenvalue weighted by Gasteiger charge is 2.28. The maximum absolute atomic E-state index is 12.6. The lowest BCUT2D eigenvalue weighted by atomic mass is 10.2. The number of nitrogens with zero attached hydrogens (tertiary/aromatic N) is 1. The van der Waals surface area contributed by atoms with Gasteiger partial charge in [-0.2, -0.15) is 0 Å². The van der Waals surface area contributed by atoms with Crippen molar-refractivity contribution in [1.29, 1.82) is 0 Å². The van der Waals surface area contributed by atoms with Crippen LogP contribution in [-0.4, -0.2) is 18.6 Å². The topological polar surface area (TPSA) is 29.5 Å². The molecule has 1 aliphatic heterocycles. The van der Waals surface area contributed by atoms with E-state index in [0.29, 0.717) is 22.3 Å². The summed E-state index contributed by atoms with van der Waals surface area (Å²) in [5.41, 5.74) is 2.15. The van der Waals surface area contributed by atoms with Crippen molar-refractivity contribution in [3.05, 3.63) is 58.1 Å². The molecule has 22 heavy (non-hydrogen) atoms. The lowest BCUT2D eigenvalue weighted by Gasteiger charge is -2.22. The van der Waals surface area contributed by atoms with Gasteiger partial charge in [0.2, 0.25) is 0 Å². The molecule has 1 heterocycles. The summed E-state index contributed by atoms with van der Waals surface area (Å²) >= 11 is 11.9. The molecule has 0 N–H and O–H groups in total. The van der Waals surface area contributed by atoms with Crippen molar-refractivity contribution in [2.45, 2.75) is 19.4 Å². The van der Waals surface area contributed by atoms with Gasteiger partial charge in [0.25, 0.3) is 5.91 Å². The quantitative estimate of drug-likeness (QED) is 0.834. The average molecular weight is 336 g/mol. The van der Waals surface area contributed by atoms with Crippen molar-refractivity contribution >= 4 is 34.8 Å². The highest BCUT2D eigenvalue weighted by molar-refractivity contribution is 6.34. The van der Waals surface area contributed by atoms with Crippen molar-refractivity contribution in [2.24, 2.45) is 0 Å². The smallest absolute Gasteiger partial charge is 0.267 e. The number of para-hydroxylation sites is 1. The van der Waals surface area contributed by atoms with Crippen LogP contribution in [0.4, 0.5) is 5.69 Å². The first-order valence-corrected chi connectivity index (χ1v) is 7.82. The van der Waals surface area contributed by atoms with Crippen molar-refractivity contribution in [3.8, 4) is 5.75 Å². The van der Waals surface area contributed by atoms with Crippen LogP contribution in [0.1, 0.15) is 12.5 Å². The van der Waals surface area contributed by atoms with Gasteiger partial charge >= 0.3 is 0 Å². The van der Waals surface area contributed by atoms with Gasteiger partial charge in [0, 0.05) is 22.3 Å². The molecule has 2 aromatic carbocycles. The second-order valence-corrected chi connectivity index (χ2v) is 6.11. The van der Waals surface area contributed by atoms with Crippen LogP contribution in [0.15, 0.2) is 42.5 Å². The molecule has 5 heteroatoms. The number of ether oxygens (including phenoxy) is 1. The van der Waals surface area contributed by atoms with Crippen LogP contribution in [0.25, 0.3) is 0 Å². The molecule has 0 radical (unpaired) electrons. The van der Waals surface area contributed by atoms with Gasteiger partial charge in [-0.25, -0.2) is 0 Å². The molecule has 0 fully saturated rings. The zero-order chi connectivity index (χ0) is 15.7. The van der Waals surface area contributed by atoms with Crippen LogP contribution in [0.3, 0.4) is 0 Å². The highest BCUT2D eigenvalue weighted by atomic mass is 35.5. The van der Waals surface area contributed by atoms with E-state index in [4.69, 9.17) is 27.9 Å². The zero-order valence-corrected chi connectivity index (χ0v) is 13.6. The van der Waals surface area contributed by atoms with E-state index < -0.39 is 6.10 Å². The van der Waals surface area contributed by atoms with Crippen LogP contribution in [0, 0.1) is 0 Å². The van der Waals surface area contributed by atoms with E-state index in [-0.39, 0.29) is 5.91 Å². The number of carbonyl (C=O) groups is 1. The predicted molar refractivity (Wildman–Crippen MR) is 89.1 cm³/mol. The maximum Gasteiger partial charge on any atom is 0.267 e. The number of carbonyl (C=O) groups excluding carboxylic acids is 1. The minimum atomic E-state index is -0.610. The number of hydrogen-bond donors (Lipinski definition) is 0. The molecule has 2 aromatic rings. The molecular formula is C17H15Cl2NO2. The SMILES string of the molecule is C[C@@H](Oc1cc(Cl)cc(Cl)c1)C(=O)N1CCc2ccccc21. The lowest BCUT2D eigenvalue weighted by Crippen LogP contribution is -2.39. The lowest BCUT2D eigenvalue weighted by molar-refractivity contribution is -0.124. The largest absolute Gasteiger partial charge is 0.481 e. The third-order valence-electron chi connectivity index (χ3n) is 3.65. The molecule has 0 saturated heterocycles. The second-order valence-electron chi connectivity index (χ2n) is 5.23. The fraction of sp³-hybridized carbons (Fsp3) is 0.235. The summed E-state index contributed by atoms with van der Waals surface area (Å²) in [5, 5.41) is 0.960. The summed E-state index contributed by atoms with van der Waals surface area (Å²) in [5.74, 6) is 0.423. The third-order valence-corrected chi connectivity index (χ3v) is 4.09. The summed E-state index contributed by atoms with van der Waals surface area (Å²) in [7, 11) is 0. The zero-order valence-electron chi connectivity index (χ0n) is 12.1. The summed E-state index contributed by atoms with van der Waals surface area (Å²) < 4.78 is 5.71. The molecule has 0 saturated carbocycles. The van der Waals surface area contributed by atoms with Gasteiger partial charge in [-0.3, -0.25) is 4.79 Å². The fourth-order valence-electron chi connectivity index (χ4n) is 2.64. The Morgan fingerprint density at radius 3 is 2.59 bits per heavy atom. The number of benzene rings is 2. The van der Waals surface area contributed by atoms with Crippen molar-refractivity contribution in [2.75, 3.05) is 11.4 Å². The first-order chi connectivity index (χ1) is 10.5. The molecule has 0 unspecified atom stereocenters. The van der Waals surface area contributed by atoms with Gasteiger partial charge in [0.15, 0.2) is 6.10 Å². The van der Waals surface area contributed by atoms with Crippen LogP contribution >= 0.6 is 23.2 Å². The maximum atomic E-state index is 12.6. The Labute approximate surface area is 139 Å². The molecule has 0 bridgehead atoms.